The molecule has 1 saturated heterocycles. The molecule has 0 bridgehead atoms. The molecule has 1 fully saturated rings. The summed E-state index contributed by atoms with van der Waals surface area (Å²) >= 11 is 0. The molecule has 0 N–H and O–H groups in total. The van der Waals surface area contributed by atoms with E-state index in [0.717, 1.165) is 6.04 Å². The van der Waals surface area contributed by atoms with Crippen LogP contribution < -0.4 is 0 Å². The summed E-state index contributed by atoms with van der Waals surface area (Å²) in [7, 11) is 2.25. The monoisotopic (exact) mass is 194 g/mol. The predicted molar refractivity (Wildman–Crippen MR) is 60.5 cm³/mol. The third-order valence-corrected chi connectivity index (χ3v) is 3.48. The number of nitrogens with zero attached hydrogens (tertiary/aromatic N) is 2. The topological polar surface area (TPSA) is 6.48 Å². The smallest absolute Gasteiger partial charge is 0.0227 e. The Morgan fingerprint density at radius 1 is 1.36 bits per heavy atom. The lowest BCUT2D eigenvalue weighted by atomic mass is 10.0. The number of hydrogen-bond donors (Lipinski definition) is 0. The summed E-state index contributed by atoms with van der Waals surface area (Å²) in [6, 6.07) is 0.817. The average Bonchev–Trinajstić information content (AvgIpc) is 2.18. The van der Waals surface area contributed by atoms with Gasteiger partial charge in [0.25, 0.3) is 0 Å². The first-order valence-electron chi connectivity index (χ1n) is 5.84. The summed E-state index contributed by atoms with van der Waals surface area (Å²) in [6.07, 6.45) is 6.42. The molecule has 0 spiro atoms. The standard InChI is InChI=1S/C12H22N2/c1-11-5-3-8-14(9-11)12-6-4-7-13(2)10-12/h5,12H,3-4,6-10H2,1-2H3. The molecule has 2 heteroatoms. The van der Waals surface area contributed by atoms with Crippen molar-refractivity contribution < 1.29 is 0 Å². The van der Waals surface area contributed by atoms with Gasteiger partial charge in [-0.05, 0) is 39.8 Å². The van der Waals surface area contributed by atoms with Crippen molar-refractivity contribution in [3.63, 3.8) is 0 Å². The number of likely N-dealkylation sites (tertiary alicyclic amines) is 1. The maximum absolute atomic E-state index is 2.67. The van der Waals surface area contributed by atoms with Gasteiger partial charge in [-0.3, -0.25) is 4.90 Å². The van der Waals surface area contributed by atoms with E-state index in [0.29, 0.717) is 0 Å². The molecular weight excluding hydrogens is 172 g/mol. The van der Waals surface area contributed by atoms with Gasteiger partial charge in [-0.2, -0.15) is 0 Å². The van der Waals surface area contributed by atoms with Crippen molar-refractivity contribution in [3.05, 3.63) is 11.6 Å². The van der Waals surface area contributed by atoms with E-state index in [2.05, 4.69) is 29.8 Å². The Bertz CT molecular complexity index is 222. The molecule has 0 aromatic heterocycles. The Kier molecular flexibility index (Phi) is 3.24. The lowest BCUT2D eigenvalue weighted by Gasteiger charge is -2.39. The number of rotatable bonds is 1. The highest BCUT2D eigenvalue weighted by Crippen LogP contribution is 2.19. The molecule has 2 rings (SSSR count). The fraction of sp³-hybridized carbons (Fsp3) is 0.833. The van der Waals surface area contributed by atoms with Crippen LogP contribution in [0.4, 0.5) is 0 Å². The number of piperidine rings is 1. The molecule has 80 valence electrons. The van der Waals surface area contributed by atoms with E-state index in [-0.39, 0.29) is 0 Å². The van der Waals surface area contributed by atoms with Crippen LogP contribution in [-0.2, 0) is 0 Å². The normalized spacial score (nSPS) is 31.6. The molecule has 14 heavy (non-hydrogen) atoms. The Morgan fingerprint density at radius 2 is 2.21 bits per heavy atom. The van der Waals surface area contributed by atoms with Gasteiger partial charge in [0.05, 0.1) is 0 Å². The summed E-state index contributed by atoms with van der Waals surface area (Å²) in [5, 5.41) is 0. The van der Waals surface area contributed by atoms with Crippen molar-refractivity contribution >= 4 is 0 Å². The van der Waals surface area contributed by atoms with Crippen molar-refractivity contribution in [2.24, 2.45) is 0 Å². The van der Waals surface area contributed by atoms with E-state index < -0.39 is 0 Å². The maximum Gasteiger partial charge on any atom is 0.0227 e. The van der Waals surface area contributed by atoms with Crippen molar-refractivity contribution in [1.29, 1.82) is 0 Å². The third-order valence-electron chi connectivity index (χ3n) is 3.48. The molecule has 2 aliphatic rings. The second-order valence-electron chi connectivity index (χ2n) is 4.87. The minimum absolute atomic E-state index is 0.817. The molecular formula is C12H22N2. The van der Waals surface area contributed by atoms with E-state index >= 15 is 0 Å². The van der Waals surface area contributed by atoms with Gasteiger partial charge < -0.3 is 4.90 Å². The van der Waals surface area contributed by atoms with Crippen LogP contribution in [0.5, 0.6) is 0 Å². The highest BCUT2D eigenvalue weighted by atomic mass is 15.2. The molecule has 2 aliphatic heterocycles. The van der Waals surface area contributed by atoms with Crippen LogP contribution in [0.1, 0.15) is 26.2 Å². The van der Waals surface area contributed by atoms with Crippen LogP contribution in [-0.4, -0.2) is 49.1 Å². The van der Waals surface area contributed by atoms with Crippen LogP contribution in [0.25, 0.3) is 0 Å². The van der Waals surface area contributed by atoms with Gasteiger partial charge in [0.2, 0.25) is 0 Å². The van der Waals surface area contributed by atoms with E-state index in [1.807, 2.05) is 0 Å². The minimum atomic E-state index is 0.817. The van der Waals surface area contributed by atoms with Crippen LogP contribution in [0, 0.1) is 0 Å². The lowest BCUT2D eigenvalue weighted by molar-refractivity contribution is 0.118. The predicted octanol–water partition coefficient (Wildman–Crippen LogP) is 1.73. The van der Waals surface area contributed by atoms with Gasteiger partial charge in [-0.15, -0.1) is 0 Å². The molecule has 0 aromatic rings. The first-order chi connectivity index (χ1) is 6.75. The van der Waals surface area contributed by atoms with Gasteiger partial charge in [-0.1, -0.05) is 11.6 Å². The average molecular weight is 194 g/mol. The van der Waals surface area contributed by atoms with Gasteiger partial charge in [0.1, 0.15) is 0 Å². The number of likely N-dealkylation sites (N-methyl/N-ethyl adjacent to an activating group) is 1. The highest BCUT2D eigenvalue weighted by Gasteiger charge is 2.24. The van der Waals surface area contributed by atoms with Crippen LogP contribution in [0.3, 0.4) is 0 Å². The molecule has 0 radical (unpaired) electrons. The fourth-order valence-electron chi connectivity index (χ4n) is 2.69. The van der Waals surface area contributed by atoms with Crippen LogP contribution in [0.15, 0.2) is 11.6 Å². The minimum Gasteiger partial charge on any atom is -0.305 e. The van der Waals surface area contributed by atoms with Gasteiger partial charge >= 0.3 is 0 Å². The lowest BCUT2D eigenvalue weighted by Crippen LogP contribution is -2.48. The Morgan fingerprint density at radius 3 is 2.93 bits per heavy atom. The summed E-state index contributed by atoms with van der Waals surface area (Å²) < 4.78 is 0. The number of hydrogen-bond acceptors (Lipinski definition) is 2. The summed E-state index contributed by atoms with van der Waals surface area (Å²) in [5.74, 6) is 0. The zero-order chi connectivity index (χ0) is 9.97. The molecule has 2 nitrogen and oxygen atoms in total. The Hall–Kier alpha value is -0.340. The fourth-order valence-corrected chi connectivity index (χ4v) is 2.69. The molecule has 0 amide bonds. The van der Waals surface area contributed by atoms with Crippen LogP contribution >= 0.6 is 0 Å². The second kappa shape index (κ2) is 4.45. The Balaban J connectivity index is 1.91. The molecule has 0 saturated carbocycles. The van der Waals surface area contributed by atoms with Crippen molar-refractivity contribution in [2.45, 2.75) is 32.2 Å². The van der Waals surface area contributed by atoms with Crippen LogP contribution in [0.2, 0.25) is 0 Å². The maximum atomic E-state index is 2.67. The quantitative estimate of drug-likeness (QED) is 0.587. The largest absolute Gasteiger partial charge is 0.305 e. The third kappa shape index (κ3) is 2.37. The van der Waals surface area contributed by atoms with E-state index in [1.165, 1.54) is 45.4 Å². The summed E-state index contributed by atoms with van der Waals surface area (Å²) in [4.78, 5) is 5.15. The van der Waals surface area contributed by atoms with Gasteiger partial charge in [0, 0.05) is 25.7 Å². The molecule has 0 aromatic carbocycles. The van der Waals surface area contributed by atoms with Gasteiger partial charge in [0.15, 0.2) is 0 Å². The van der Waals surface area contributed by atoms with Gasteiger partial charge in [-0.25, -0.2) is 0 Å². The zero-order valence-electron chi connectivity index (χ0n) is 9.50. The summed E-state index contributed by atoms with van der Waals surface area (Å²) in [6.45, 7) is 7.31. The van der Waals surface area contributed by atoms with Crippen molar-refractivity contribution in [2.75, 3.05) is 33.2 Å². The molecule has 0 aliphatic carbocycles. The molecule has 1 atom stereocenters. The summed E-state index contributed by atoms with van der Waals surface area (Å²) in [5.41, 5.74) is 1.56. The van der Waals surface area contributed by atoms with Crippen molar-refractivity contribution in [3.8, 4) is 0 Å². The van der Waals surface area contributed by atoms with E-state index in [1.54, 1.807) is 5.57 Å². The SMILES string of the molecule is CC1=CCCN(C2CCCN(C)C2)C1. The van der Waals surface area contributed by atoms with Crippen molar-refractivity contribution in [1.82, 2.24) is 9.80 Å². The zero-order valence-corrected chi connectivity index (χ0v) is 9.50. The first kappa shape index (κ1) is 10.2. The highest BCUT2D eigenvalue weighted by molar-refractivity contribution is 5.05. The Labute approximate surface area is 87.6 Å². The molecule has 2 heterocycles. The first-order valence-corrected chi connectivity index (χ1v) is 5.84. The second-order valence-corrected chi connectivity index (χ2v) is 4.87. The molecule has 1 unspecified atom stereocenters. The van der Waals surface area contributed by atoms with E-state index in [9.17, 15) is 0 Å². The van der Waals surface area contributed by atoms with E-state index in [4.69, 9.17) is 0 Å².